The molecule has 3 aromatic carbocycles. The Kier molecular flexibility index (Phi) is 8.59. The van der Waals surface area contributed by atoms with E-state index >= 15 is 0 Å². The zero-order chi connectivity index (χ0) is 22.2. The molecule has 3 nitrogen and oxygen atoms in total. The van der Waals surface area contributed by atoms with Gasteiger partial charge in [-0.05, 0) is 37.5 Å². The molecule has 0 heterocycles. The van der Waals surface area contributed by atoms with Gasteiger partial charge < -0.3 is 13.3 Å². The molecule has 2 unspecified atom stereocenters. The van der Waals surface area contributed by atoms with E-state index in [0.29, 0.717) is 19.8 Å². The largest absolute Gasteiger partial charge is 0.517 e. The van der Waals surface area contributed by atoms with Gasteiger partial charge in [0.2, 0.25) is 0 Å². The molecule has 0 aromatic heterocycles. The van der Waals surface area contributed by atoms with Crippen molar-refractivity contribution in [1.29, 1.82) is 0 Å². The zero-order valence-electron chi connectivity index (χ0n) is 18.7. The minimum atomic E-state index is -3.26. The van der Waals surface area contributed by atoms with Gasteiger partial charge in [-0.15, -0.1) is 9.24 Å². The minimum Gasteiger partial charge on any atom is -0.373 e. The van der Waals surface area contributed by atoms with Crippen LogP contribution in [0.2, 0.25) is 0 Å². The molecule has 0 aliphatic carbocycles. The summed E-state index contributed by atoms with van der Waals surface area (Å²) >= 11 is 0. The Bertz CT molecular complexity index is 851. The first-order chi connectivity index (χ1) is 15.1. The first-order valence-corrected chi connectivity index (χ1v) is 13.3. The minimum absolute atomic E-state index is 0.0429. The predicted molar refractivity (Wildman–Crippen MR) is 133 cm³/mol. The fourth-order valence-electron chi connectivity index (χ4n) is 4.30. The highest BCUT2D eigenvalue weighted by Gasteiger charge is 2.63. The van der Waals surface area contributed by atoms with Gasteiger partial charge in [-0.25, -0.2) is 0 Å². The van der Waals surface area contributed by atoms with E-state index in [1.807, 2.05) is 26.8 Å². The van der Waals surface area contributed by atoms with Crippen LogP contribution in [-0.2, 0) is 18.1 Å². The Balaban J connectivity index is 2.37. The molecule has 3 rings (SSSR count). The van der Waals surface area contributed by atoms with Gasteiger partial charge in [0.05, 0.1) is 4.78 Å². The van der Waals surface area contributed by atoms with Crippen LogP contribution in [-0.4, -0.2) is 28.6 Å². The third kappa shape index (κ3) is 4.84. The van der Waals surface area contributed by atoms with E-state index in [1.165, 1.54) is 11.1 Å². The molecule has 3 aromatic rings. The maximum Gasteiger partial charge on any atom is 0.517 e. The Morgan fingerprint density at radius 1 is 0.645 bits per heavy atom. The molecule has 0 N–H and O–H groups in total. The average molecular weight is 453 g/mol. The quantitative estimate of drug-likeness (QED) is 0.257. The van der Waals surface area contributed by atoms with E-state index in [0.717, 1.165) is 5.56 Å². The van der Waals surface area contributed by atoms with E-state index in [4.69, 9.17) is 13.3 Å². The van der Waals surface area contributed by atoms with Gasteiger partial charge in [0.1, 0.15) is 0 Å². The normalized spacial score (nSPS) is 13.8. The van der Waals surface area contributed by atoms with Crippen LogP contribution in [0.5, 0.6) is 0 Å². The summed E-state index contributed by atoms with van der Waals surface area (Å²) in [6, 6.07) is 31.7. The van der Waals surface area contributed by atoms with Crippen LogP contribution in [0.3, 0.4) is 0 Å². The highest BCUT2D eigenvalue weighted by molar-refractivity contribution is 7.24. The molecule has 31 heavy (non-hydrogen) atoms. The Morgan fingerprint density at radius 2 is 1.00 bits per heavy atom. The fourth-order valence-corrected chi connectivity index (χ4v) is 8.94. The van der Waals surface area contributed by atoms with Gasteiger partial charge in [-0.3, -0.25) is 0 Å². The fraction of sp³-hybridized carbons (Fsp3) is 0.308. The molecule has 0 fully saturated rings. The van der Waals surface area contributed by atoms with Gasteiger partial charge in [-0.2, -0.15) is 0 Å². The molecule has 0 saturated carbocycles. The molecule has 0 saturated heterocycles. The van der Waals surface area contributed by atoms with Crippen LogP contribution in [0.4, 0.5) is 0 Å². The van der Waals surface area contributed by atoms with Crippen molar-refractivity contribution >= 4 is 18.0 Å². The second-order valence-electron chi connectivity index (χ2n) is 7.34. The van der Waals surface area contributed by atoms with Crippen molar-refractivity contribution in [2.75, 3.05) is 19.8 Å². The lowest BCUT2D eigenvalue weighted by Crippen LogP contribution is -2.62. The average Bonchev–Trinajstić information content (AvgIpc) is 2.81. The smallest absolute Gasteiger partial charge is 0.373 e. The Labute approximate surface area is 190 Å². The summed E-state index contributed by atoms with van der Waals surface area (Å²) in [6.45, 7) is 7.59. The number of hydrogen-bond acceptors (Lipinski definition) is 3. The summed E-state index contributed by atoms with van der Waals surface area (Å²) in [7, 11) is -0.110. The molecular weight excluding hydrogens is 419 g/mol. The molecule has 164 valence electrons. The summed E-state index contributed by atoms with van der Waals surface area (Å²) in [4.78, 5) is 0. The van der Waals surface area contributed by atoms with Crippen molar-refractivity contribution in [2.24, 2.45) is 0 Å². The summed E-state index contributed by atoms with van der Waals surface area (Å²) in [6.07, 6.45) is 0. The molecule has 0 amide bonds. The predicted octanol–water partition coefficient (Wildman–Crippen LogP) is 6.18. The van der Waals surface area contributed by atoms with E-state index < -0.39 is 13.6 Å². The first-order valence-electron chi connectivity index (χ1n) is 11.0. The lowest BCUT2D eigenvalue weighted by atomic mass is 9.84. The van der Waals surface area contributed by atoms with Crippen LogP contribution in [0.15, 0.2) is 91.0 Å². The van der Waals surface area contributed by atoms with Gasteiger partial charge in [-0.1, -0.05) is 91.0 Å². The number of hydrogen-bond donors (Lipinski definition) is 0. The highest BCUT2D eigenvalue weighted by Crippen LogP contribution is 2.54. The van der Waals surface area contributed by atoms with Gasteiger partial charge in [0, 0.05) is 25.7 Å². The van der Waals surface area contributed by atoms with Gasteiger partial charge in [0.25, 0.3) is 0 Å². The summed E-state index contributed by atoms with van der Waals surface area (Å²) in [5, 5.41) is 0. The van der Waals surface area contributed by atoms with Crippen molar-refractivity contribution in [3.05, 3.63) is 108 Å². The highest BCUT2D eigenvalue weighted by atomic mass is 31.0. The number of rotatable bonds is 11. The SMILES string of the molecule is CCO[Si](OCC)(OCC)C(P)(c1ccccc1)C(c1ccccc1)c1ccccc1. The molecular formula is C26H33O3PSi. The third-order valence-electron chi connectivity index (χ3n) is 5.48. The second kappa shape index (κ2) is 11.2. The van der Waals surface area contributed by atoms with Crippen LogP contribution in [0.25, 0.3) is 0 Å². The molecule has 0 aliphatic rings. The maximum atomic E-state index is 6.53. The second-order valence-corrected chi connectivity index (χ2v) is 11.6. The Morgan fingerprint density at radius 3 is 1.35 bits per heavy atom. The third-order valence-corrected chi connectivity index (χ3v) is 10.8. The van der Waals surface area contributed by atoms with Crippen molar-refractivity contribution in [1.82, 2.24) is 0 Å². The zero-order valence-corrected chi connectivity index (χ0v) is 20.8. The molecule has 2 atom stereocenters. The van der Waals surface area contributed by atoms with Crippen LogP contribution in [0, 0.1) is 0 Å². The molecule has 0 spiro atoms. The van der Waals surface area contributed by atoms with Crippen LogP contribution < -0.4 is 0 Å². The van der Waals surface area contributed by atoms with E-state index in [1.54, 1.807) is 0 Å². The van der Waals surface area contributed by atoms with E-state index in [9.17, 15) is 0 Å². The lowest BCUT2D eigenvalue weighted by molar-refractivity contribution is 0.0547. The molecule has 0 aliphatic heterocycles. The summed E-state index contributed by atoms with van der Waals surface area (Å²) in [5.41, 5.74) is 3.52. The van der Waals surface area contributed by atoms with Crippen molar-refractivity contribution < 1.29 is 13.3 Å². The standard InChI is InChI=1S/C26H33O3PSi/c1-4-27-31(28-5-2,29-6-3)26(30,24-20-14-9-15-21-24)25(22-16-10-7-11-17-22)23-18-12-8-13-19-23/h7-21,25H,4-6,30H2,1-3H3. The topological polar surface area (TPSA) is 27.7 Å². The summed E-state index contributed by atoms with van der Waals surface area (Å²) in [5.74, 6) is -0.0429. The monoisotopic (exact) mass is 452 g/mol. The lowest BCUT2D eigenvalue weighted by Gasteiger charge is -2.48. The van der Waals surface area contributed by atoms with Gasteiger partial charge in [0.15, 0.2) is 0 Å². The van der Waals surface area contributed by atoms with Crippen molar-refractivity contribution in [3.8, 4) is 0 Å². The van der Waals surface area contributed by atoms with Gasteiger partial charge >= 0.3 is 8.80 Å². The maximum absolute atomic E-state index is 6.53. The molecule has 0 radical (unpaired) electrons. The first kappa shape index (κ1) is 23.8. The molecule has 0 bridgehead atoms. The van der Waals surface area contributed by atoms with Crippen LogP contribution >= 0.6 is 9.24 Å². The Hall–Kier alpha value is -1.81. The van der Waals surface area contributed by atoms with E-state index in [2.05, 4.69) is 94.2 Å². The van der Waals surface area contributed by atoms with E-state index in [-0.39, 0.29) is 5.92 Å². The summed E-state index contributed by atoms with van der Waals surface area (Å²) < 4.78 is 19.0. The number of benzene rings is 3. The van der Waals surface area contributed by atoms with Crippen molar-refractivity contribution in [3.63, 3.8) is 0 Å². The van der Waals surface area contributed by atoms with Crippen molar-refractivity contribution in [2.45, 2.75) is 31.5 Å². The van der Waals surface area contributed by atoms with Crippen LogP contribution in [0.1, 0.15) is 43.4 Å². The molecule has 5 heteroatoms.